The lowest BCUT2D eigenvalue weighted by atomic mass is 10.1. The normalized spacial score (nSPS) is 10.5. The average Bonchev–Trinajstić information content (AvgIpc) is 2.42. The zero-order valence-corrected chi connectivity index (χ0v) is 11.2. The highest BCUT2D eigenvalue weighted by molar-refractivity contribution is 5.52. The van der Waals surface area contributed by atoms with E-state index in [1.54, 1.807) is 6.20 Å². The molecule has 1 aromatic heterocycles. The first-order chi connectivity index (χ1) is 9.20. The van der Waals surface area contributed by atoms with E-state index in [0.717, 1.165) is 29.9 Å². The molecule has 0 spiro atoms. The maximum atomic E-state index is 12.9. The predicted octanol–water partition coefficient (Wildman–Crippen LogP) is 2.58. The molecule has 0 fully saturated rings. The lowest BCUT2D eigenvalue weighted by molar-refractivity contribution is 0.627. The van der Waals surface area contributed by atoms with Crippen molar-refractivity contribution in [3.05, 3.63) is 59.7 Å². The third-order valence-corrected chi connectivity index (χ3v) is 2.99. The van der Waals surface area contributed by atoms with Gasteiger partial charge in [0.1, 0.15) is 5.82 Å². The van der Waals surface area contributed by atoms with Crippen LogP contribution in [0.4, 0.5) is 10.1 Å². The number of hydrogen-bond donors (Lipinski definition) is 1. The molecule has 3 nitrogen and oxygen atoms in total. The molecule has 0 bridgehead atoms. The van der Waals surface area contributed by atoms with Gasteiger partial charge in [-0.25, -0.2) is 4.39 Å². The molecule has 0 saturated heterocycles. The van der Waals surface area contributed by atoms with Gasteiger partial charge >= 0.3 is 0 Å². The van der Waals surface area contributed by atoms with Gasteiger partial charge in [0.25, 0.3) is 0 Å². The molecule has 0 amide bonds. The van der Waals surface area contributed by atoms with Crippen LogP contribution in [0.2, 0.25) is 0 Å². The quantitative estimate of drug-likeness (QED) is 0.894. The maximum absolute atomic E-state index is 12.9. The smallest absolute Gasteiger partial charge is 0.123 e. The van der Waals surface area contributed by atoms with Crippen molar-refractivity contribution in [1.29, 1.82) is 0 Å². The van der Waals surface area contributed by atoms with E-state index in [2.05, 4.69) is 15.2 Å². The minimum Gasteiger partial charge on any atom is -0.370 e. The van der Waals surface area contributed by atoms with Gasteiger partial charge in [-0.15, -0.1) is 0 Å². The van der Waals surface area contributed by atoms with Gasteiger partial charge in [0.05, 0.1) is 0 Å². The number of pyridine rings is 1. The average molecular weight is 259 g/mol. The summed E-state index contributed by atoms with van der Waals surface area (Å²) in [6, 6.07) is 8.60. The predicted molar refractivity (Wildman–Crippen MR) is 75.5 cm³/mol. The van der Waals surface area contributed by atoms with E-state index in [1.165, 1.54) is 12.1 Å². The lowest BCUT2D eigenvalue weighted by Crippen LogP contribution is -2.19. The molecule has 1 N–H and O–H groups in total. The zero-order chi connectivity index (χ0) is 13.7. The van der Waals surface area contributed by atoms with E-state index in [4.69, 9.17) is 0 Å². The molecule has 100 valence electrons. The summed E-state index contributed by atoms with van der Waals surface area (Å²) in [6.07, 6.45) is 3.66. The topological polar surface area (TPSA) is 28.2 Å². The standard InChI is InChI=1S/C15H18FN3/c1-17-9-13-10-18-8-7-15(13)19(2)11-12-3-5-14(16)6-4-12/h3-8,10,17H,9,11H2,1-2H3. The molecule has 2 rings (SSSR count). The molecule has 0 aliphatic carbocycles. The van der Waals surface area contributed by atoms with Gasteiger partial charge in [-0.05, 0) is 30.8 Å². The summed E-state index contributed by atoms with van der Waals surface area (Å²) in [5.74, 6) is -0.203. The molecular weight excluding hydrogens is 241 g/mol. The van der Waals surface area contributed by atoms with Crippen LogP contribution in [0.1, 0.15) is 11.1 Å². The number of halogens is 1. The Morgan fingerprint density at radius 2 is 1.95 bits per heavy atom. The van der Waals surface area contributed by atoms with Crippen LogP contribution < -0.4 is 10.2 Å². The molecule has 2 aromatic rings. The minimum absolute atomic E-state index is 0.203. The number of aromatic nitrogens is 1. The van der Waals surface area contributed by atoms with Crippen molar-refractivity contribution >= 4 is 5.69 Å². The van der Waals surface area contributed by atoms with Crippen LogP contribution in [-0.2, 0) is 13.1 Å². The van der Waals surface area contributed by atoms with Crippen LogP contribution in [0.3, 0.4) is 0 Å². The Bertz CT molecular complexity index is 525. The van der Waals surface area contributed by atoms with E-state index >= 15 is 0 Å². The molecule has 0 aliphatic heterocycles. The summed E-state index contributed by atoms with van der Waals surface area (Å²) in [6.45, 7) is 1.51. The van der Waals surface area contributed by atoms with Crippen LogP contribution in [0.5, 0.6) is 0 Å². The van der Waals surface area contributed by atoms with Crippen molar-refractivity contribution in [3.63, 3.8) is 0 Å². The minimum atomic E-state index is -0.203. The Kier molecular flexibility index (Phi) is 4.47. The molecule has 4 heteroatoms. The molecule has 0 unspecified atom stereocenters. The van der Waals surface area contributed by atoms with Crippen molar-refractivity contribution in [3.8, 4) is 0 Å². The van der Waals surface area contributed by atoms with Gasteiger partial charge in [0.15, 0.2) is 0 Å². The summed E-state index contributed by atoms with van der Waals surface area (Å²) in [5, 5.41) is 3.13. The summed E-state index contributed by atoms with van der Waals surface area (Å²) >= 11 is 0. The van der Waals surface area contributed by atoms with Crippen LogP contribution in [-0.4, -0.2) is 19.1 Å². The maximum Gasteiger partial charge on any atom is 0.123 e. The van der Waals surface area contributed by atoms with Gasteiger partial charge in [-0.1, -0.05) is 12.1 Å². The highest BCUT2D eigenvalue weighted by Gasteiger charge is 2.07. The van der Waals surface area contributed by atoms with Crippen LogP contribution in [0, 0.1) is 5.82 Å². The van der Waals surface area contributed by atoms with E-state index in [-0.39, 0.29) is 5.82 Å². The van der Waals surface area contributed by atoms with E-state index in [0.29, 0.717) is 0 Å². The van der Waals surface area contributed by atoms with E-state index < -0.39 is 0 Å². The fourth-order valence-corrected chi connectivity index (χ4v) is 2.07. The molecule has 1 heterocycles. The molecule has 19 heavy (non-hydrogen) atoms. The molecule has 0 atom stereocenters. The van der Waals surface area contributed by atoms with E-state index in [9.17, 15) is 4.39 Å². The van der Waals surface area contributed by atoms with Gasteiger partial charge in [-0.3, -0.25) is 4.98 Å². The summed E-state index contributed by atoms with van der Waals surface area (Å²) in [7, 11) is 3.94. The molecule has 0 saturated carbocycles. The van der Waals surface area contributed by atoms with Gasteiger partial charge < -0.3 is 10.2 Å². The third-order valence-electron chi connectivity index (χ3n) is 2.99. The van der Waals surface area contributed by atoms with Crippen molar-refractivity contribution in [2.45, 2.75) is 13.1 Å². The molecule has 1 aromatic carbocycles. The highest BCUT2D eigenvalue weighted by atomic mass is 19.1. The van der Waals surface area contributed by atoms with Crippen molar-refractivity contribution in [1.82, 2.24) is 10.3 Å². The number of benzene rings is 1. The van der Waals surface area contributed by atoms with Crippen molar-refractivity contribution in [2.75, 3.05) is 19.0 Å². The fraction of sp³-hybridized carbons (Fsp3) is 0.267. The highest BCUT2D eigenvalue weighted by Crippen LogP contribution is 2.20. The van der Waals surface area contributed by atoms with Gasteiger partial charge in [0, 0.05) is 43.8 Å². The van der Waals surface area contributed by atoms with E-state index in [1.807, 2.05) is 38.5 Å². The van der Waals surface area contributed by atoms with Crippen LogP contribution in [0.15, 0.2) is 42.7 Å². The largest absolute Gasteiger partial charge is 0.370 e. The number of anilines is 1. The second-order valence-corrected chi connectivity index (χ2v) is 4.52. The first-order valence-electron chi connectivity index (χ1n) is 6.24. The SMILES string of the molecule is CNCc1cnccc1N(C)Cc1ccc(F)cc1. The first-order valence-corrected chi connectivity index (χ1v) is 6.24. The van der Waals surface area contributed by atoms with Crippen molar-refractivity contribution in [2.24, 2.45) is 0 Å². The zero-order valence-electron chi connectivity index (χ0n) is 11.2. The fourth-order valence-electron chi connectivity index (χ4n) is 2.07. The summed E-state index contributed by atoms with van der Waals surface area (Å²) < 4.78 is 12.9. The molecule has 0 radical (unpaired) electrons. The summed E-state index contributed by atoms with van der Waals surface area (Å²) in [4.78, 5) is 6.29. The Hall–Kier alpha value is -1.94. The van der Waals surface area contributed by atoms with Crippen molar-refractivity contribution < 1.29 is 4.39 Å². The Morgan fingerprint density at radius 1 is 1.21 bits per heavy atom. The third kappa shape index (κ3) is 3.51. The monoisotopic (exact) mass is 259 g/mol. The number of hydrogen-bond acceptors (Lipinski definition) is 3. The van der Waals surface area contributed by atoms with Crippen LogP contribution >= 0.6 is 0 Å². The summed E-state index contributed by atoms with van der Waals surface area (Å²) in [5.41, 5.74) is 3.36. The van der Waals surface area contributed by atoms with Crippen LogP contribution in [0.25, 0.3) is 0 Å². The first kappa shape index (κ1) is 13.5. The second kappa shape index (κ2) is 6.29. The second-order valence-electron chi connectivity index (χ2n) is 4.52. The Labute approximate surface area is 113 Å². The Balaban J connectivity index is 2.15. The molecule has 0 aliphatic rings. The lowest BCUT2D eigenvalue weighted by Gasteiger charge is -2.22. The van der Waals surface area contributed by atoms with Gasteiger partial charge in [0.2, 0.25) is 0 Å². The molecular formula is C15H18FN3. The number of nitrogens with one attached hydrogen (secondary N) is 1. The van der Waals surface area contributed by atoms with Gasteiger partial charge in [-0.2, -0.15) is 0 Å². The number of nitrogens with zero attached hydrogens (tertiary/aromatic N) is 2. The number of rotatable bonds is 5. The Morgan fingerprint density at radius 3 is 2.63 bits per heavy atom.